The molecule has 2 heteroatoms. The Morgan fingerprint density at radius 2 is 0.938 bits per heavy atom. The van der Waals surface area contributed by atoms with Gasteiger partial charge in [0, 0.05) is 8.95 Å². The molecule has 0 aliphatic rings. The van der Waals surface area contributed by atoms with Crippen LogP contribution in [0.4, 0.5) is 0 Å². The van der Waals surface area contributed by atoms with E-state index in [0.717, 1.165) is 8.95 Å². The zero-order valence-electron chi connectivity index (χ0n) is 16.8. The summed E-state index contributed by atoms with van der Waals surface area (Å²) in [4.78, 5) is 0. The summed E-state index contributed by atoms with van der Waals surface area (Å²) in [7, 11) is 0. The fourth-order valence-electron chi connectivity index (χ4n) is 5.88. The molecule has 0 unspecified atom stereocenters. The lowest BCUT2D eigenvalue weighted by molar-refractivity contribution is 1.68. The van der Waals surface area contributed by atoms with E-state index in [4.69, 9.17) is 0 Å². The van der Waals surface area contributed by atoms with Crippen molar-refractivity contribution >= 4 is 107 Å². The quantitative estimate of drug-likeness (QED) is 0.134. The molecule has 8 rings (SSSR count). The van der Waals surface area contributed by atoms with E-state index in [9.17, 15) is 0 Å². The van der Waals surface area contributed by atoms with Gasteiger partial charge in [0.05, 0.1) is 0 Å². The van der Waals surface area contributed by atoms with Gasteiger partial charge in [-0.25, -0.2) is 0 Å². The molecule has 0 aliphatic carbocycles. The Bertz CT molecular complexity index is 2050. The molecule has 0 saturated carbocycles. The molecule has 0 atom stereocenters. The first kappa shape index (κ1) is 17.6. The molecule has 0 aromatic heterocycles. The molecular weight excluding hydrogens is 520 g/mol. The van der Waals surface area contributed by atoms with E-state index < -0.39 is 0 Å². The van der Waals surface area contributed by atoms with Crippen LogP contribution in [0.15, 0.2) is 93.9 Å². The van der Waals surface area contributed by atoms with Crippen LogP contribution < -0.4 is 0 Å². The van der Waals surface area contributed by atoms with Gasteiger partial charge in [0.15, 0.2) is 0 Å². The molecule has 0 aliphatic heterocycles. The fraction of sp³-hybridized carbons (Fsp3) is 0. The van der Waals surface area contributed by atoms with Crippen LogP contribution >= 0.6 is 31.9 Å². The SMILES string of the molecule is Brc1ccc2c(cc3ccc4cc5c6ccccc6cc6ccc7cc2c3c4c7c65)c1Br. The van der Waals surface area contributed by atoms with Crippen LogP contribution in [-0.4, -0.2) is 0 Å². The number of benzene rings is 8. The second-order valence-electron chi connectivity index (χ2n) is 8.80. The molecular formula is C30H14Br2. The van der Waals surface area contributed by atoms with Crippen LogP contribution in [0.25, 0.3) is 75.4 Å². The van der Waals surface area contributed by atoms with E-state index in [1.807, 2.05) is 0 Å². The summed E-state index contributed by atoms with van der Waals surface area (Å²) >= 11 is 7.50. The highest BCUT2D eigenvalue weighted by Gasteiger charge is 2.19. The minimum absolute atomic E-state index is 1.08. The Kier molecular flexibility index (Phi) is 3.24. The number of rotatable bonds is 0. The Morgan fingerprint density at radius 1 is 0.375 bits per heavy atom. The molecule has 32 heavy (non-hydrogen) atoms. The fourth-order valence-corrected chi connectivity index (χ4v) is 6.69. The van der Waals surface area contributed by atoms with Crippen molar-refractivity contribution < 1.29 is 0 Å². The van der Waals surface area contributed by atoms with Gasteiger partial charge in [0.2, 0.25) is 0 Å². The first-order valence-electron chi connectivity index (χ1n) is 10.7. The van der Waals surface area contributed by atoms with Gasteiger partial charge in [-0.05, 0) is 138 Å². The Balaban J connectivity index is 1.73. The van der Waals surface area contributed by atoms with Crippen molar-refractivity contribution in [2.45, 2.75) is 0 Å². The van der Waals surface area contributed by atoms with Crippen molar-refractivity contribution in [2.75, 3.05) is 0 Å². The maximum atomic E-state index is 3.81. The van der Waals surface area contributed by atoms with Crippen LogP contribution in [0, 0.1) is 0 Å². The number of halogens is 2. The highest BCUT2D eigenvalue weighted by Crippen LogP contribution is 2.47. The average Bonchev–Trinajstić information content (AvgIpc) is 2.83. The normalized spacial score (nSPS) is 12.7. The second kappa shape index (κ2) is 5.89. The summed E-state index contributed by atoms with van der Waals surface area (Å²) in [6.45, 7) is 0. The standard InChI is InChI=1S/C30H14Br2/c31-25-10-9-21-23-13-19-7-5-16-11-15-3-1-2-4-20(15)22-12-18-8-6-17(14-24(21)30(25)32)27(23)29(18)28(19)26(16)22/h1-14H. The van der Waals surface area contributed by atoms with Crippen molar-refractivity contribution in [3.63, 3.8) is 0 Å². The van der Waals surface area contributed by atoms with Gasteiger partial charge in [-0.3, -0.25) is 0 Å². The summed E-state index contributed by atoms with van der Waals surface area (Å²) in [5, 5.41) is 18.6. The third kappa shape index (κ3) is 2.03. The number of fused-ring (bicyclic) bond motifs is 4. The van der Waals surface area contributed by atoms with E-state index in [1.165, 1.54) is 75.4 Å². The van der Waals surface area contributed by atoms with Crippen LogP contribution in [0.3, 0.4) is 0 Å². The molecule has 0 fully saturated rings. The van der Waals surface area contributed by atoms with Crippen molar-refractivity contribution in [1.82, 2.24) is 0 Å². The van der Waals surface area contributed by atoms with E-state index in [-0.39, 0.29) is 0 Å². The lowest BCUT2D eigenvalue weighted by Crippen LogP contribution is -1.91. The van der Waals surface area contributed by atoms with Crippen LogP contribution in [0.2, 0.25) is 0 Å². The van der Waals surface area contributed by atoms with E-state index >= 15 is 0 Å². The van der Waals surface area contributed by atoms with Crippen LogP contribution in [-0.2, 0) is 0 Å². The predicted octanol–water partition coefficient (Wildman–Crippen LogP) is 10.2. The van der Waals surface area contributed by atoms with Crippen molar-refractivity contribution in [1.29, 1.82) is 0 Å². The Morgan fingerprint density at radius 3 is 1.66 bits per heavy atom. The highest BCUT2D eigenvalue weighted by atomic mass is 79.9. The zero-order chi connectivity index (χ0) is 21.1. The smallest absolute Gasteiger partial charge is 0.0396 e. The number of hydrogen-bond donors (Lipinski definition) is 0. The minimum atomic E-state index is 1.08. The number of hydrogen-bond acceptors (Lipinski definition) is 0. The van der Waals surface area contributed by atoms with Crippen molar-refractivity contribution in [2.24, 2.45) is 0 Å². The van der Waals surface area contributed by atoms with Gasteiger partial charge < -0.3 is 0 Å². The monoisotopic (exact) mass is 532 g/mol. The molecule has 148 valence electrons. The molecule has 0 spiro atoms. The largest absolute Gasteiger partial charge is 0.0616 e. The summed E-state index contributed by atoms with van der Waals surface area (Å²) in [5.74, 6) is 0. The average molecular weight is 534 g/mol. The summed E-state index contributed by atoms with van der Waals surface area (Å²) in [5.41, 5.74) is 0. The third-order valence-electron chi connectivity index (χ3n) is 7.21. The minimum Gasteiger partial charge on any atom is -0.0616 e. The van der Waals surface area contributed by atoms with Gasteiger partial charge in [-0.1, -0.05) is 54.6 Å². The van der Waals surface area contributed by atoms with Gasteiger partial charge in [0.1, 0.15) is 0 Å². The predicted molar refractivity (Wildman–Crippen MR) is 147 cm³/mol. The lowest BCUT2D eigenvalue weighted by Gasteiger charge is -2.19. The van der Waals surface area contributed by atoms with Crippen LogP contribution in [0.5, 0.6) is 0 Å². The van der Waals surface area contributed by atoms with Crippen molar-refractivity contribution in [3.8, 4) is 0 Å². The molecule has 0 saturated heterocycles. The van der Waals surface area contributed by atoms with E-state index in [0.29, 0.717) is 0 Å². The summed E-state index contributed by atoms with van der Waals surface area (Å²) < 4.78 is 2.20. The molecule has 0 N–H and O–H groups in total. The first-order chi connectivity index (χ1) is 15.7. The third-order valence-corrected chi connectivity index (χ3v) is 9.26. The van der Waals surface area contributed by atoms with Crippen LogP contribution in [0.1, 0.15) is 0 Å². The molecule has 0 amide bonds. The first-order valence-corrected chi connectivity index (χ1v) is 12.3. The zero-order valence-corrected chi connectivity index (χ0v) is 20.0. The molecule has 0 radical (unpaired) electrons. The van der Waals surface area contributed by atoms with Gasteiger partial charge >= 0.3 is 0 Å². The molecule has 0 bridgehead atoms. The molecule has 0 nitrogen and oxygen atoms in total. The van der Waals surface area contributed by atoms with E-state index in [1.54, 1.807) is 0 Å². The Labute approximate surface area is 200 Å². The second-order valence-corrected chi connectivity index (χ2v) is 10.4. The maximum absolute atomic E-state index is 3.81. The van der Waals surface area contributed by atoms with Gasteiger partial charge in [0.25, 0.3) is 0 Å². The molecule has 8 aromatic rings. The maximum Gasteiger partial charge on any atom is 0.0396 e. The lowest BCUT2D eigenvalue weighted by atomic mass is 9.84. The molecule has 8 aromatic carbocycles. The van der Waals surface area contributed by atoms with E-state index in [2.05, 4.69) is 117 Å². The molecule has 0 heterocycles. The van der Waals surface area contributed by atoms with Gasteiger partial charge in [-0.2, -0.15) is 0 Å². The highest BCUT2D eigenvalue weighted by molar-refractivity contribution is 9.13. The summed E-state index contributed by atoms with van der Waals surface area (Å²) in [6.07, 6.45) is 0. The summed E-state index contributed by atoms with van der Waals surface area (Å²) in [6, 6.07) is 31.8. The Hall–Kier alpha value is -2.94. The van der Waals surface area contributed by atoms with Crippen molar-refractivity contribution in [3.05, 3.63) is 93.9 Å². The van der Waals surface area contributed by atoms with Gasteiger partial charge in [-0.15, -0.1) is 0 Å². The topological polar surface area (TPSA) is 0 Å².